The predicted octanol–water partition coefficient (Wildman–Crippen LogP) is 2.98. The number of aromatic nitrogens is 1. The van der Waals surface area contributed by atoms with Crippen molar-refractivity contribution in [3.63, 3.8) is 0 Å². The number of carbonyl (C=O) groups is 1. The topological polar surface area (TPSA) is 78.9 Å². The van der Waals surface area contributed by atoms with E-state index >= 15 is 0 Å². The molecule has 6 heteroatoms. The minimum atomic E-state index is -0.101. The number of benzene rings is 1. The molecule has 1 aromatic heterocycles. The van der Waals surface area contributed by atoms with Gasteiger partial charge >= 0.3 is 0 Å². The fraction of sp³-hybridized carbons (Fsp3) is 0.214. The van der Waals surface area contributed by atoms with Crippen molar-refractivity contribution in [2.45, 2.75) is 18.6 Å². The lowest BCUT2D eigenvalue weighted by Crippen LogP contribution is -2.12. The molecule has 0 saturated carbocycles. The van der Waals surface area contributed by atoms with Gasteiger partial charge in [-0.25, -0.2) is 4.98 Å². The third-order valence-corrected chi connectivity index (χ3v) is 3.27. The highest BCUT2D eigenvalue weighted by Crippen LogP contribution is 2.18. The van der Waals surface area contributed by atoms with Gasteiger partial charge < -0.3 is 9.73 Å². The van der Waals surface area contributed by atoms with Gasteiger partial charge in [-0.15, -0.1) is 0 Å². The van der Waals surface area contributed by atoms with Gasteiger partial charge in [-0.05, 0) is 25.1 Å². The minimum Gasteiger partial charge on any atom is -0.440 e. The Bertz CT molecular complexity index is 646. The van der Waals surface area contributed by atoms with Gasteiger partial charge in [0.1, 0.15) is 6.26 Å². The maximum absolute atomic E-state index is 11.7. The second-order valence-electron chi connectivity index (χ2n) is 4.09. The Morgan fingerprint density at radius 1 is 1.55 bits per heavy atom. The van der Waals surface area contributed by atoms with Gasteiger partial charge in [-0.3, -0.25) is 4.79 Å². The number of nitriles is 1. The Labute approximate surface area is 121 Å². The van der Waals surface area contributed by atoms with E-state index in [-0.39, 0.29) is 5.91 Å². The number of nitrogens with one attached hydrogen (secondary N) is 1. The molecule has 2 aromatic rings. The first-order valence-corrected chi connectivity index (χ1v) is 7.01. The maximum atomic E-state index is 11.7. The summed E-state index contributed by atoms with van der Waals surface area (Å²) in [5, 5.41) is 12.1. The zero-order chi connectivity index (χ0) is 14.4. The first-order chi connectivity index (χ1) is 9.67. The highest BCUT2D eigenvalue weighted by Gasteiger charge is 2.06. The van der Waals surface area contributed by atoms with Gasteiger partial charge in [0.2, 0.25) is 5.91 Å². The van der Waals surface area contributed by atoms with Gasteiger partial charge in [0.05, 0.1) is 17.3 Å². The molecule has 0 radical (unpaired) electrons. The van der Waals surface area contributed by atoms with Crippen molar-refractivity contribution < 1.29 is 9.21 Å². The number of anilines is 1. The molecule has 0 spiro atoms. The number of thioether (sulfide) groups is 1. The van der Waals surface area contributed by atoms with Gasteiger partial charge in [0.25, 0.3) is 5.22 Å². The standard InChI is InChI=1S/C14H13N3O2S/c1-10-9-19-14(16-10)20-6-5-13(18)17-12-4-2-3-11(7-12)8-15/h2-4,7,9H,5-6H2,1H3,(H,17,18). The Hall–Kier alpha value is -2.26. The lowest BCUT2D eigenvalue weighted by molar-refractivity contribution is -0.115. The van der Waals surface area contributed by atoms with Crippen molar-refractivity contribution >= 4 is 23.4 Å². The van der Waals surface area contributed by atoms with E-state index in [0.29, 0.717) is 28.6 Å². The van der Waals surface area contributed by atoms with Crippen LogP contribution in [0, 0.1) is 18.3 Å². The molecule has 0 saturated heterocycles. The van der Waals surface area contributed by atoms with Crippen LogP contribution in [0.15, 0.2) is 40.2 Å². The van der Waals surface area contributed by atoms with E-state index in [9.17, 15) is 4.79 Å². The van der Waals surface area contributed by atoms with E-state index in [4.69, 9.17) is 9.68 Å². The molecule has 0 atom stereocenters. The van der Waals surface area contributed by atoms with Crippen LogP contribution >= 0.6 is 11.8 Å². The van der Waals surface area contributed by atoms with Crippen LogP contribution in [0.2, 0.25) is 0 Å². The second-order valence-corrected chi connectivity index (χ2v) is 5.14. The summed E-state index contributed by atoms with van der Waals surface area (Å²) in [5.74, 6) is 0.486. The Balaban J connectivity index is 1.79. The molecule has 0 bridgehead atoms. The highest BCUT2D eigenvalue weighted by atomic mass is 32.2. The van der Waals surface area contributed by atoms with E-state index in [1.165, 1.54) is 11.8 Å². The zero-order valence-electron chi connectivity index (χ0n) is 10.9. The molecular weight excluding hydrogens is 274 g/mol. The van der Waals surface area contributed by atoms with Crippen molar-refractivity contribution in [1.29, 1.82) is 5.26 Å². The summed E-state index contributed by atoms with van der Waals surface area (Å²) in [6.07, 6.45) is 1.93. The average molecular weight is 287 g/mol. The molecular formula is C14H13N3O2S. The molecule has 0 aliphatic carbocycles. The van der Waals surface area contributed by atoms with Crippen molar-refractivity contribution in [1.82, 2.24) is 4.98 Å². The number of hydrogen-bond donors (Lipinski definition) is 1. The zero-order valence-corrected chi connectivity index (χ0v) is 11.7. The van der Waals surface area contributed by atoms with Crippen LogP contribution in [-0.4, -0.2) is 16.6 Å². The van der Waals surface area contributed by atoms with Crippen molar-refractivity contribution in [3.05, 3.63) is 41.8 Å². The summed E-state index contributed by atoms with van der Waals surface area (Å²) in [5.41, 5.74) is 1.98. The summed E-state index contributed by atoms with van der Waals surface area (Å²) < 4.78 is 5.18. The quantitative estimate of drug-likeness (QED) is 0.855. The molecule has 1 aromatic carbocycles. The number of hydrogen-bond acceptors (Lipinski definition) is 5. The summed E-state index contributed by atoms with van der Waals surface area (Å²) in [7, 11) is 0. The summed E-state index contributed by atoms with van der Waals surface area (Å²) in [4.78, 5) is 15.9. The molecule has 0 unspecified atom stereocenters. The van der Waals surface area contributed by atoms with E-state index in [2.05, 4.69) is 10.3 Å². The fourth-order valence-electron chi connectivity index (χ4n) is 1.52. The summed E-state index contributed by atoms with van der Waals surface area (Å²) in [6, 6.07) is 8.85. The Kier molecular flexibility index (Phi) is 4.80. The number of rotatable bonds is 5. The van der Waals surface area contributed by atoms with Crippen LogP contribution in [0.25, 0.3) is 0 Å². The van der Waals surface area contributed by atoms with Gasteiger partial charge in [-0.2, -0.15) is 5.26 Å². The lowest BCUT2D eigenvalue weighted by atomic mass is 10.2. The molecule has 0 fully saturated rings. The fourth-order valence-corrected chi connectivity index (χ4v) is 2.31. The van der Waals surface area contributed by atoms with E-state index in [1.54, 1.807) is 30.5 Å². The van der Waals surface area contributed by atoms with Crippen LogP contribution in [0.1, 0.15) is 17.7 Å². The average Bonchev–Trinajstić information content (AvgIpc) is 2.84. The lowest BCUT2D eigenvalue weighted by Gasteiger charge is -2.04. The predicted molar refractivity (Wildman–Crippen MR) is 76.4 cm³/mol. The van der Waals surface area contributed by atoms with Gasteiger partial charge in [0.15, 0.2) is 0 Å². The monoisotopic (exact) mass is 287 g/mol. The third kappa shape index (κ3) is 4.14. The van der Waals surface area contributed by atoms with Gasteiger partial charge in [0, 0.05) is 17.9 Å². The smallest absolute Gasteiger partial charge is 0.255 e. The number of nitrogens with zero attached hydrogens (tertiary/aromatic N) is 2. The van der Waals surface area contributed by atoms with Crippen LogP contribution in [0.5, 0.6) is 0 Å². The second kappa shape index (κ2) is 6.78. The normalized spacial score (nSPS) is 10.0. The first kappa shape index (κ1) is 14.2. The maximum Gasteiger partial charge on any atom is 0.255 e. The number of carbonyl (C=O) groups excluding carboxylic acids is 1. The van der Waals surface area contributed by atoms with E-state index in [1.807, 2.05) is 13.0 Å². The number of oxazole rings is 1. The van der Waals surface area contributed by atoms with Crippen molar-refractivity contribution in [3.8, 4) is 6.07 Å². The Morgan fingerprint density at radius 3 is 3.10 bits per heavy atom. The van der Waals surface area contributed by atoms with Gasteiger partial charge in [-0.1, -0.05) is 17.8 Å². The summed E-state index contributed by atoms with van der Waals surface area (Å²) >= 11 is 1.40. The molecule has 1 heterocycles. The molecule has 20 heavy (non-hydrogen) atoms. The highest BCUT2D eigenvalue weighted by molar-refractivity contribution is 7.99. The van der Waals surface area contributed by atoms with E-state index in [0.717, 1.165) is 5.69 Å². The molecule has 2 rings (SSSR count). The molecule has 1 N–H and O–H groups in total. The SMILES string of the molecule is Cc1coc(SCCC(=O)Nc2cccc(C#N)c2)n1. The van der Waals surface area contributed by atoms with Crippen LogP contribution in [0.3, 0.4) is 0 Å². The molecule has 0 aliphatic heterocycles. The minimum absolute atomic E-state index is 0.101. The summed E-state index contributed by atoms with van der Waals surface area (Å²) in [6.45, 7) is 1.85. The molecule has 5 nitrogen and oxygen atoms in total. The van der Waals surface area contributed by atoms with Crippen LogP contribution in [-0.2, 0) is 4.79 Å². The molecule has 0 aliphatic rings. The van der Waals surface area contributed by atoms with Crippen LogP contribution in [0.4, 0.5) is 5.69 Å². The first-order valence-electron chi connectivity index (χ1n) is 6.02. The Morgan fingerprint density at radius 2 is 2.40 bits per heavy atom. The number of aryl methyl sites for hydroxylation is 1. The van der Waals surface area contributed by atoms with E-state index < -0.39 is 0 Å². The molecule has 102 valence electrons. The van der Waals surface area contributed by atoms with Crippen LogP contribution < -0.4 is 5.32 Å². The number of amides is 1. The largest absolute Gasteiger partial charge is 0.440 e. The van der Waals surface area contributed by atoms with Crippen molar-refractivity contribution in [2.75, 3.05) is 11.1 Å². The third-order valence-electron chi connectivity index (χ3n) is 2.43. The molecule has 1 amide bonds. The van der Waals surface area contributed by atoms with Crippen molar-refractivity contribution in [2.24, 2.45) is 0 Å².